The van der Waals surface area contributed by atoms with Gasteiger partial charge in [0, 0.05) is 17.7 Å². The molecule has 0 bridgehead atoms. The van der Waals surface area contributed by atoms with E-state index >= 15 is 0 Å². The van der Waals surface area contributed by atoms with Crippen LogP contribution in [0.4, 0.5) is 26.3 Å². The average molecular weight is 657 g/mol. The van der Waals surface area contributed by atoms with E-state index in [0.717, 1.165) is 37.1 Å². The van der Waals surface area contributed by atoms with Gasteiger partial charge < -0.3 is 18.9 Å². The van der Waals surface area contributed by atoms with E-state index in [-0.39, 0.29) is 31.2 Å². The van der Waals surface area contributed by atoms with Gasteiger partial charge in [-0.05, 0) is 69.4 Å². The van der Waals surface area contributed by atoms with Crippen LogP contribution in [0.5, 0.6) is 11.5 Å². The second-order valence-electron chi connectivity index (χ2n) is 9.62. The number of hydrogen-bond acceptors (Lipinski definition) is 8. The molecule has 1 heterocycles. The van der Waals surface area contributed by atoms with Crippen molar-refractivity contribution in [1.82, 2.24) is 9.97 Å². The Balaban J connectivity index is 2.01. The van der Waals surface area contributed by atoms with Gasteiger partial charge in [-0.2, -0.15) is 26.3 Å². The van der Waals surface area contributed by atoms with Crippen LogP contribution in [0.1, 0.15) is 73.9 Å². The van der Waals surface area contributed by atoms with E-state index < -0.39 is 46.7 Å². The number of benzene rings is 1. The third-order valence-electron chi connectivity index (χ3n) is 6.10. The summed E-state index contributed by atoms with van der Waals surface area (Å²) in [5.41, 5.74) is -4.84. The van der Waals surface area contributed by atoms with Gasteiger partial charge in [0.25, 0.3) is 0 Å². The summed E-state index contributed by atoms with van der Waals surface area (Å²) in [6.45, 7) is 7.08. The Hall–Kier alpha value is -4.54. The summed E-state index contributed by atoms with van der Waals surface area (Å²) in [5, 5.41) is 0. The van der Waals surface area contributed by atoms with Gasteiger partial charge in [-0.15, -0.1) is 0 Å². The average Bonchev–Trinajstić information content (AvgIpc) is 3.01. The van der Waals surface area contributed by atoms with Crippen molar-refractivity contribution in [2.45, 2.75) is 63.7 Å². The number of alkyl halides is 6. The zero-order chi connectivity index (χ0) is 34.0. The van der Waals surface area contributed by atoms with E-state index in [1.807, 2.05) is 0 Å². The Morgan fingerprint density at radius 2 is 1.15 bits per heavy atom. The summed E-state index contributed by atoms with van der Waals surface area (Å²) in [4.78, 5) is 29.8. The highest BCUT2D eigenvalue weighted by molar-refractivity contribution is 5.81. The highest BCUT2D eigenvalue weighted by Gasteiger charge is 2.47. The fraction of sp³-hybridized carbons (Fsp3) is 0.438. The molecular weight excluding hydrogens is 622 g/mol. The topological polar surface area (TPSA) is 96.8 Å². The van der Waals surface area contributed by atoms with Crippen LogP contribution in [0.3, 0.4) is 0 Å². The molecule has 0 aliphatic heterocycles. The molecule has 14 heteroatoms. The minimum atomic E-state index is -5.40. The standard InChI is InChI=1S/C32H34F6N2O6/c1-3-27(41)45-19-11-7-5-9-17-43-24-21-39-26(40-22-24)16-14-23-13-15-25(30(32(36,37)38)29(23)31(33,34)35)44-18-10-6-8-12-20-46-28(42)4-2/h3-4,13,15,21-22H,1-2,5-12,17-20H2. The van der Waals surface area contributed by atoms with Crippen molar-refractivity contribution in [3.05, 3.63) is 72.4 Å². The van der Waals surface area contributed by atoms with Gasteiger partial charge in [0.2, 0.25) is 5.82 Å². The first-order chi connectivity index (χ1) is 21.9. The van der Waals surface area contributed by atoms with E-state index in [9.17, 15) is 35.9 Å². The van der Waals surface area contributed by atoms with Crippen molar-refractivity contribution in [3.8, 4) is 23.3 Å². The van der Waals surface area contributed by atoms with Crippen molar-refractivity contribution < 1.29 is 54.9 Å². The van der Waals surface area contributed by atoms with Crippen molar-refractivity contribution >= 4 is 11.9 Å². The van der Waals surface area contributed by atoms with Gasteiger partial charge >= 0.3 is 24.3 Å². The second-order valence-corrected chi connectivity index (χ2v) is 9.62. The van der Waals surface area contributed by atoms with E-state index in [1.165, 1.54) is 12.4 Å². The first-order valence-corrected chi connectivity index (χ1v) is 14.4. The lowest BCUT2D eigenvalue weighted by Gasteiger charge is -2.21. The molecule has 250 valence electrons. The van der Waals surface area contributed by atoms with Crippen LogP contribution in [-0.2, 0) is 31.4 Å². The number of ether oxygens (including phenoxy) is 4. The predicted molar refractivity (Wildman–Crippen MR) is 155 cm³/mol. The van der Waals surface area contributed by atoms with Crippen molar-refractivity contribution in [2.24, 2.45) is 0 Å². The Morgan fingerprint density at radius 3 is 1.63 bits per heavy atom. The molecule has 0 atom stereocenters. The zero-order valence-corrected chi connectivity index (χ0v) is 25.0. The molecule has 2 rings (SSSR count). The molecule has 8 nitrogen and oxygen atoms in total. The number of halogens is 6. The Bertz CT molecular complexity index is 1360. The van der Waals surface area contributed by atoms with Gasteiger partial charge in [-0.1, -0.05) is 19.1 Å². The molecule has 0 spiro atoms. The van der Waals surface area contributed by atoms with E-state index in [2.05, 4.69) is 35.0 Å². The highest BCUT2D eigenvalue weighted by Crippen LogP contribution is 2.46. The van der Waals surface area contributed by atoms with E-state index in [1.54, 1.807) is 0 Å². The molecule has 46 heavy (non-hydrogen) atoms. The largest absolute Gasteiger partial charge is 0.493 e. The monoisotopic (exact) mass is 656 g/mol. The summed E-state index contributed by atoms with van der Waals surface area (Å²) in [5.74, 6) is 2.44. The Labute approximate surface area is 262 Å². The molecule has 0 unspecified atom stereocenters. The third-order valence-corrected chi connectivity index (χ3v) is 6.10. The van der Waals surface area contributed by atoms with Crippen LogP contribution in [0, 0.1) is 11.8 Å². The van der Waals surface area contributed by atoms with Crippen LogP contribution in [-0.4, -0.2) is 48.3 Å². The van der Waals surface area contributed by atoms with Gasteiger partial charge in [-0.3, -0.25) is 0 Å². The molecule has 0 aliphatic rings. The van der Waals surface area contributed by atoms with Crippen LogP contribution in [0.2, 0.25) is 0 Å². The first-order valence-electron chi connectivity index (χ1n) is 14.4. The quantitative estimate of drug-likeness (QED) is 0.0545. The third kappa shape index (κ3) is 13.6. The Morgan fingerprint density at radius 1 is 0.674 bits per heavy atom. The van der Waals surface area contributed by atoms with Crippen LogP contribution >= 0.6 is 0 Å². The fourth-order valence-corrected chi connectivity index (χ4v) is 3.91. The maximum absolute atomic E-state index is 14.0. The van der Waals surface area contributed by atoms with Crippen molar-refractivity contribution in [1.29, 1.82) is 0 Å². The summed E-state index contributed by atoms with van der Waals surface area (Å²) in [6.07, 6.45) is -1.38. The lowest BCUT2D eigenvalue weighted by atomic mass is 9.98. The number of aromatic nitrogens is 2. The van der Waals surface area contributed by atoms with Crippen molar-refractivity contribution in [3.63, 3.8) is 0 Å². The number of unbranched alkanes of at least 4 members (excludes halogenated alkanes) is 6. The molecule has 0 fully saturated rings. The van der Waals surface area contributed by atoms with Gasteiger partial charge in [0.05, 0.1) is 44.4 Å². The number of hydrogen-bond donors (Lipinski definition) is 0. The molecule has 0 aliphatic carbocycles. The summed E-state index contributed by atoms with van der Waals surface area (Å²) in [6, 6.07) is 1.62. The maximum atomic E-state index is 14.0. The second kappa shape index (κ2) is 19.1. The SMILES string of the molecule is C=CC(=O)OCCCCCCOc1cnc(C#Cc2ccc(OCCCCCCOC(=O)C=C)c(C(F)(F)F)c2C(F)(F)F)nc1. The van der Waals surface area contributed by atoms with Gasteiger partial charge in [0.1, 0.15) is 11.3 Å². The maximum Gasteiger partial charge on any atom is 0.420 e. The van der Waals surface area contributed by atoms with Gasteiger partial charge in [0.15, 0.2) is 5.75 Å². The molecule has 0 radical (unpaired) electrons. The zero-order valence-electron chi connectivity index (χ0n) is 25.0. The lowest BCUT2D eigenvalue weighted by Crippen LogP contribution is -2.20. The summed E-state index contributed by atoms with van der Waals surface area (Å²) < 4.78 is 104. The predicted octanol–water partition coefficient (Wildman–Crippen LogP) is 7.25. The lowest BCUT2D eigenvalue weighted by molar-refractivity contribution is -0.163. The van der Waals surface area contributed by atoms with Crippen LogP contribution < -0.4 is 9.47 Å². The molecule has 1 aromatic carbocycles. The minimum absolute atomic E-state index is 0.143. The molecule has 0 amide bonds. The molecular formula is C32H34F6N2O6. The summed E-state index contributed by atoms with van der Waals surface area (Å²) >= 11 is 0. The number of nitrogens with zero attached hydrogens (tertiary/aromatic N) is 2. The van der Waals surface area contributed by atoms with E-state index in [0.29, 0.717) is 45.3 Å². The van der Waals surface area contributed by atoms with Crippen molar-refractivity contribution in [2.75, 3.05) is 26.4 Å². The summed E-state index contributed by atoms with van der Waals surface area (Å²) in [7, 11) is 0. The normalized spacial score (nSPS) is 11.2. The number of carbonyl (C=O) groups excluding carboxylic acids is 2. The number of rotatable bonds is 18. The molecule has 2 aromatic rings. The van der Waals surface area contributed by atoms with E-state index in [4.69, 9.17) is 18.9 Å². The number of esters is 2. The molecule has 0 N–H and O–H groups in total. The van der Waals surface area contributed by atoms with Crippen LogP contribution in [0.25, 0.3) is 0 Å². The molecule has 1 aromatic heterocycles. The van der Waals surface area contributed by atoms with Gasteiger partial charge in [-0.25, -0.2) is 19.6 Å². The smallest absolute Gasteiger partial charge is 0.420 e. The molecule has 0 saturated heterocycles. The first kappa shape index (κ1) is 37.6. The Kier molecular flexibility index (Phi) is 15.6. The van der Waals surface area contributed by atoms with Crippen LogP contribution in [0.15, 0.2) is 49.8 Å². The number of carbonyl (C=O) groups is 2. The minimum Gasteiger partial charge on any atom is -0.493 e. The highest BCUT2D eigenvalue weighted by atomic mass is 19.4. The fourth-order valence-electron chi connectivity index (χ4n) is 3.91. The molecule has 0 saturated carbocycles.